The summed E-state index contributed by atoms with van der Waals surface area (Å²) in [7, 11) is -4.03. The van der Waals surface area contributed by atoms with E-state index < -0.39 is 18.2 Å². The number of hydrogen-bond donors (Lipinski definition) is 2. The highest BCUT2D eigenvalue weighted by molar-refractivity contribution is 7.13. The van der Waals surface area contributed by atoms with Crippen molar-refractivity contribution in [1.29, 1.82) is 5.11 Å². The van der Waals surface area contributed by atoms with Crippen molar-refractivity contribution < 1.29 is 1.41 Å². The second kappa shape index (κ2) is 4.58. The van der Waals surface area contributed by atoms with E-state index in [0.717, 1.165) is 0 Å². The second-order valence-corrected chi connectivity index (χ2v) is 0.735. The van der Waals surface area contributed by atoms with Gasteiger partial charge >= 0.3 is 0 Å². The Labute approximate surface area is 41.6 Å². The Hall–Kier alpha value is 0.580. The van der Waals surface area contributed by atoms with Crippen LogP contribution in [0.3, 0.4) is 0 Å². The SMILES string of the molecule is [3H]PN([3H])NN=P([3H])([3H])[3H]. The average Bonchev–Trinajstić information content (AvgIpc) is 1.81. The van der Waals surface area contributed by atoms with Gasteiger partial charge in [-0.3, -0.25) is 0 Å². The summed E-state index contributed by atoms with van der Waals surface area (Å²) in [5.41, 5.74) is 1.91. The number of rotatable bonds is 3. The summed E-state index contributed by atoms with van der Waals surface area (Å²) in [6.45, 7) is 0. The lowest BCUT2D eigenvalue weighted by atomic mass is 12.6. The van der Waals surface area contributed by atoms with E-state index in [9.17, 15) is 0 Å². The summed E-state index contributed by atoms with van der Waals surface area (Å²) in [5, 5.41) is 0.548. The molecule has 0 saturated carbocycles. The molecule has 0 aliphatic rings. The summed E-state index contributed by atoms with van der Waals surface area (Å²) in [4.78, 5) is 3.01. The third-order valence-corrected chi connectivity index (χ3v) is 0.284. The first-order valence-electron chi connectivity index (χ1n) is 3.16. The molecule has 0 aromatic heterocycles. The van der Waals surface area contributed by atoms with Crippen LogP contribution < -0.4 is 10.7 Å². The molecule has 32 valence electrons. The minimum atomic E-state index is -3.46. The average molecular weight is 121 g/mol. The van der Waals surface area contributed by atoms with Crippen molar-refractivity contribution >= 4 is 18.2 Å². The highest BCUT2D eigenvalue weighted by Crippen LogP contribution is 1.61. The van der Waals surface area contributed by atoms with Crippen LogP contribution >= 0.6 is 18.2 Å². The zero-order chi connectivity index (χ0) is 8.20. The molecule has 0 spiro atoms. The first-order valence-corrected chi connectivity index (χ1v) is 1.72. The van der Waals surface area contributed by atoms with E-state index in [2.05, 4.69) is 4.85 Å². The van der Waals surface area contributed by atoms with Crippen molar-refractivity contribution in [2.24, 2.45) is 4.85 Å². The van der Waals surface area contributed by atoms with Gasteiger partial charge in [0, 0.05) is 0 Å². The summed E-state index contributed by atoms with van der Waals surface area (Å²) < 4.78 is 33.3. The van der Waals surface area contributed by atoms with Crippen LogP contribution in [-0.2, 0) is 0 Å². The Bertz CT molecular complexity index is 132. The fourth-order valence-electron chi connectivity index (χ4n) is 0.0224. The molecule has 0 heterocycles. The highest BCUT2D eigenvalue weighted by Gasteiger charge is 1.50. The van der Waals surface area contributed by atoms with Gasteiger partial charge in [0.25, 0.3) is 0 Å². The smallest absolute Gasteiger partial charge is 0.148 e. The highest BCUT2D eigenvalue weighted by atomic mass is 31.0. The van der Waals surface area contributed by atoms with Gasteiger partial charge in [-0.05, 0) is 8.87 Å². The molecule has 0 fully saturated rings. The summed E-state index contributed by atoms with van der Waals surface area (Å²) >= 11 is 0. The molecule has 0 radical (unpaired) electrons. The molecular weight excluding hydrogens is 104 g/mol. The lowest BCUT2D eigenvalue weighted by Crippen LogP contribution is -2.11. The van der Waals surface area contributed by atoms with Crippen LogP contribution in [0, 0.1) is 0 Å². The Kier molecular flexibility index (Phi) is 1.17. The molecule has 0 aromatic rings. The van der Waals surface area contributed by atoms with Crippen molar-refractivity contribution in [1.82, 2.24) is 10.7 Å². The summed E-state index contributed by atoms with van der Waals surface area (Å²) in [5.74, 6) is 0. The molecule has 3 nitrogen and oxygen atoms in total. The zero-order valence-electron chi connectivity index (χ0n) is 7.34. The first-order chi connectivity index (χ1) is 4.45. The van der Waals surface area contributed by atoms with Crippen LogP contribution in [0.5, 0.6) is 0 Å². The molecule has 0 bridgehead atoms. The van der Waals surface area contributed by atoms with E-state index in [-0.39, 0.29) is 0 Å². The van der Waals surface area contributed by atoms with Gasteiger partial charge in [0.15, 0.2) is 0 Å². The van der Waals surface area contributed by atoms with E-state index in [1.54, 1.807) is 0 Å². The van der Waals surface area contributed by atoms with E-state index in [1.807, 2.05) is 5.53 Å². The minimum absolute atomic E-state index is 0.548. The Morgan fingerprint density at radius 3 is 4.20 bits per heavy atom. The van der Waals surface area contributed by atoms with Gasteiger partial charge in [-0.1, -0.05) is 9.34 Å². The summed E-state index contributed by atoms with van der Waals surface area (Å²) in [6.07, 6.45) is 0. The molecular formula is H7N3P2. The first kappa shape index (κ1) is 1.28. The topological polar surface area (TPSA) is 36.4 Å². The maximum Gasteiger partial charge on any atom is 0.148 e. The Morgan fingerprint density at radius 1 is 2.60 bits per heavy atom. The van der Waals surface area contributed by atoms with Crippen molar-refractivity contribution in [2.45, 2.75) is 0 Å². The number of hydrazine groups is 1. The van der Waals surface area contributed by atoms with Gasteiger partial charge in [0.2, 0.25) is 0 Å². The lowest BCUT2D eigenvalue weighted by Gasteiger charge is -1.84. The molecule has 0 saturated heterocycles. The molecule has 0 aromatic carbocycles. The molecule has 5 heavy (non-hydrogen) atoms. The molecule has 0 aliphatic heterocycles. The standard InChI is InChI=1S/H7N3P2/c4-2-1-3-5/h1-2H,4H2,5H3/i4T,5T3/hT. The van der Waals surface area contributed by atoms with Crippen LogP contribution in [0.2, 0.25) is 1.41 Å². The summed E-state index contributed by atoms with van der Waals surface area (Å²) in [6, 6.07) is 0. The van der Waals surface area contributed by atoms with E-state index in [0.29, 0.717) is 5.19 Å². The predicted octanol–water partition coefficient (Wildman–Crippen LogP) is -0.423. The molecule has 1 unspecified atom stereocenters. The van der Waals surface area contributed by atoms with Crippen LogP contribution in [-0.4, -0.2) is 5.11 Å². The van der Waals surface area contributed by atoms with Gasteiger partial charge in [-0.2, -0.15) is 0 Å². The fourth-order valence-corrected chi connectivity index (χ4v) is 0.201. The van der Waals surface area contributed by atoms with Crippen LogP contribution in [0.1, 0.15) is 0 Å². The third kappa shape index (κ3) is 4.58. The van der Waals surface area contributed by atoms with Gasteiger partial charge in [0.1, 0.15) is 1.41 Å². The molecule has 0 amide bonds. The maximum absolute atomic E-state index is 6.72. The number of nitrogens with zero attached hydrogens (tertiary/aromatic N) is 1. The van der Waals surface area contributed by atoms with Gasteiger partial charge in [0.05, 0.1) is 5.11 Å². The van der Waals surface area contributed by atoms with E-state index >= 15 is 0 Å². The van der Waals surface area contributed by atoms with Gasteiger partial charge in [-0.25, -0.2) is 10.0 Å². The van der Waals surface area contributed by atoms with Gasteiger partial charge < -0.3 is 0 Å². The Balaban J connectivity index is 3.73. The van der Waals surface area contributed by atoms with Crippen molar-refractivity contribution in [3.05, 3.63) is 0 Å². The second-order valence-electron chi connectivity index (χ2n) is 0.312. The van der Waals surface area contributed by atoms with Crippen LogP contribution in [0.4, 0.5) is 0 Å². The van der Waals surface area contributed by atoms with Gasteiger partial charge in [-0.15, -0.1) is 5.53 Å². The molecule has 0 rings (SSSR count). The number of nitrogens with one attached hydrogen (secondary N) is 2. The minimum Gasteiger partial charge on any atom is -0.222 e. The Morgan fingerprint density at radius 2 is 3.60 bits per heavy atom. The number of hydrogen-bond acceptors (Lipinski definition) is 2. The largest absolute Gasteiger partial charge is 0.222 e. The van der Waals surface area contributed by atoms with Crippen molar-refractivity contribution in [2.75, 3.05) is 0 Å². The molecule has 2 N–H and O–H groups in total. The monoisotopic (exact) mass is 121 g/mol. The fraction of sp³-hybridized carbons (Fsp3) is 0. The molecule has 5 heteroatoms. The molecule has 1 atom stereocenters. The quantitative estimate of drug-likeness (QED) is 0.393. The van der Waals surface area contributed by atoms with Crippen LogP contribution in [0.25, 0.3) is 0 Å². The normalized spacial score (nSPS) is 27.8. The zero-order valence-corrected chi connectivity index (χ0v) is 4.24. The predicted molar refractivity (Wildman–Crippen MR) is 29.5 cm³/mol. The van der Waals surface area contributed by atoms with Crippen molar-refractivity contribution in [3.63, 3.8) is 0 Å². The van der Waals surface area contributed by atoms with E-state index in [1.165, 1.54) is 0 Å². The third-order valence-electron chi connectivity index (χ3n) is 0.0947. The lowest BCUT2D eigenvalue weighted by molar-refractivity contribution is 0.752. The van der Waals surface area contributed by atoms with Crippen LogP contribution in [0.15, 0.2) is 4.85 Å². The van der Waals surface area contributed by atoms with E-state index in [4.69, 9.17) is 6.53 Å². The van der Waals surface area contributed by atoms with Crippen molar-refractivity contribution in [3.8, 4) is 0 Å². The molecule has 0 aliphatic carbocycles. The maximum atomic E-state index is 6.72.